The Kier molecular flexibility index (Phi) is 4.76. The van der Waals surface area contributed by atoms with Crippen molar-refractivity contribution in [3.63, 3.8) is 0 Å². The van der Waals surface area contributed by atoms with Gasteiger partial charge >= 0.3 is 0 Å². The molecule has 2 aliphatic heterocycles. The first kappa shape index (κ1) is 12.8. The van der Waals surface area contributed by atoms with Crippen molar-refractivity contribution in [2.75, 3.05) is 39.5 Å². The first-order valence-electron chi connectivity index (χ1n) is 6.49. The van der Waals surface area contributed by atoms with Crippen molar-refractivity contribution < 1.29 is 14.3 Å². The molecule has 2 fully saturated rings. The summed E-state index contributed by atoms with van der Waals surface area (Å²) in [5.74, 6) is 0.208. The Balaban J connectivity index is 1.68. The molecule has 1 N–H and O–H groups in total. The van der Waals surface area contributed by atoms with Crippen LogP contribution in [0.2, 0.25) is 0 Å². The number of nitrogens with zero attached hydrogens (tertiary/aromatic N) is 1. The smallest absolute Gasteiger partial charge is 0.239 e. The van der Waals surface area contributed by atoms with Gasteiger partial charge in [0.2, 0.25) is 5.91 Å². The third-order valence-corrected chi connectivity index (χ3v) is 3.32. The molecule has 0 aromatic carbocycles. The van der Waals surface area contributed by atoms with E-state index in [1.165, 1.54) is 0 Å². The summed E-state index contributed by atoms with van der Waals surface area (Å²) in [4.78, 5) is 13.9. The van der Waals surface area contributed by atoms with E-state index in [-0.39, 0.29) is 18.1 Å². The lowest BCUT2D eigenvalue weighted by atomic mass is 10.2. The molecule has 5 heteroatoms. The number of amides is 1. The predicted octanol–water partition coefficient (Wildman–Crippen LogP) is 0.00230. The van der Waals surface area contributed by atoms with E-state index >= 15 is 0 Å². The molecule has 5 nitrogen and oxygen atoms in total. The van der Waals surface area contributed by atoms with E-state index < -0.39 is 0 Å². The summed E-state index contributed by atoms with van der Waals surface area (Å²) in [5, 5.41) is 3.23. The summed E-state index contributed by atoms with van der Waals surface area (Å²) in [7, 11) is 0. The fourth-order valence-corrected chi connectivity index (χ4v) is 2.26. The highest BCUT2D eigenvalue weighted by Crippen LogP contribution is 2.09. The molecular formula is C12H22N2O3. The highest BCUT2D eigenvalue weighted by Gasteiger charge is 2.24. The van der Waals surface area contributed by atoms with Gasteiger partial charge in [0.15, 0.2) is 0 Å². The van der Waals surface area contributed by atoms with Crippen LogP contribution in [0.4, 0.5) is 0 Å². The van der Waals surface area contributed by atoms with Crippen molar-refractivity contribution in [2.45, 2.75) is 31.9 Å². The van der Waals surface area contributed by atoms with Crippen LogP contribution in [0.5, 0.6) is 0 Å². The summed E-state index contributed by atoms with van der Waals surface area (Å²) >= 11 is 0. The number of carbonyl (C=O) groups is 1. The Morgan fingerprint density at radius 2 is 2.18 bits per heavy atom. The zero-order valence-corrected chi connectivity index (χ0v) is 10.5. The van der Waals surface area contributed by atoms with Crippen molar-refractivity contribution in [1.29, 1.82) is 0 Å². The second kappa shape index (κ2) is 6.33. The molecule has 2 aliphatic rings. The molecule has 2 rings (SSSR count). The van der Waals surface area contributed by atoms with E-state index in [0.29, 0.717) is 26.4 Å². The zero-order valence-electron chi connectivity index (χ0n) is 10.5. The van der Waals surface area contributed by atoms with Gasteiger partial charge in [-0.1, -0.05) is 0 Å². The van der Waals surface area contributed by atoms with Crippen LogP contribution in [0.15, 0.2) is 0 Å². The number of rotatable bonds is 4. The van der Waals surface area contributed by atoms with Crippen LogP contribution < -0.4 is 5.32 Å². The van der Waals surface area contributed by atoms with Crippen molar-refractivity contribution in [2.24, 2.45) is 0 Å². The third kappa shape index (κ3) is 3.66. The molecule has 0 radical (unpaired) electrons. The van der Waals surface area contributed by atoms with Gasteiger partial charge in [0.05, 0.1) is 32.0 Å². The molecule has 2 unspecified atom stereocenters. The van der Waals surface area contributed by atoms with Gasteiger partial charge in [-0.3, -0.25) is 4.79 Å². The minimum atomic E-state index is -0.126. The summed E-state index contributed by atoms with van der Waals surface area (Å²) in [6.07, 6.45) is 2.35. The lowest BCUT2D eigenvalue weighted by Gasteiger charge is -2.26. The van der Waals surface area contributed by atoms with Crippen molar-refractivity contribution in [3.8, 4) is 0 Å². The number of hydrogen-bond acceptors (Lipinski definition) is 4. The van der Waals surface area contributed by atoms with Gasteiger partial charge in [0.25, 0.3) is 0 Å². The van der Waals surface area contributed by atoms with Crippen LogP contribution in [0.1, 0.15) is 19.8 Å². The molecule has 17 heavy (non-hydrogen) atoms. The van der Waals surface area contributed by atoms with Crippen LogP contribution in [0, 0.1) is 0 Å². The minimum Gasteiger partial charge on any atom is -0.376 e. The standard InChI is InChI=1S/C12H22N2O3/c1-10(12(15)14-4-2-3-5-14)13-8-11-9-16-6-7-17-11/h10-11,13H,2-9H2,1H3. The lowest BCUT2D eigenvalue weighted by molar-refractivity contribution is -0.132. The monoisotopic (exact) mass is 242 g/mol. The highest BCUT2D eigenvalue weighted by molar-refractivity contribution is 5.81. The fourth-order valence-electron chi connectivity index (χ4n) is 2.26. The minimum absolute atomic E-state index is 0.0811. The Hall–Kier alpha value is -0.650. The maximum Gasteiger partial charge on any atom is 0.239 e. The van der Waals surface area contributed by atoms with E-state index in [9.17, 15) is 4.79 Å². The van der Waals surface area contributed by atoms with E-state index in [1.807, 2.05) is 11.8 Å². The number of carbonyl (C=O) groups excluding carboxylic acids is 1. The highest BCUT2D eigenvalue weighted by atomic mass is 16.6. The lowest BCUT2D eigenvalue weighted by Crippen LogP contribution is -2.47. The maximum atomic E-state index is 12.0. The van der Waals surface area contributed by atoms with E-state index in [1.54, 1.807) is 0 Å². The van der Waals surface area contributed by atoms with Gasteiger partial charge in [-0.05, 0) is 19.8 Å². The van der Waals surface area contributed by atoms with Gasteiger partial charge < -0.3 is 19.7 Å². The van der Waals surface area contributed by atoms with Gasteiger partial charge in [0.1, 0.15) is 0 Å². The van der Waals surface area contributed by atoms with Crippen LogP contribution in [-0.2, 0) is 14.3 Å². The normalized spacial score (nSPS) is 27.1. The molecular weight excluding hydrogens is 220 g/mol. The average molecular weight is 242 g/mol. The second-order valence-electron chi connectivity index (χ2n) is 4.73. The average Bonchev–Trinajstić information content (AvgIpc) is 2.90. The van der Waals surface area contributed by atoms with Gasteiger partial charge in [-0.2, -0.15) is 0 Å². The third-order valence-electron chi connectivity index (χ3n) is 3.32. The van der Waals surface area contributed by atoms with Gasteiger partial charge in [-0.15, -0.1) is 0 Å². The van der Waals surface area contributed by atoms with E-state index in [2.05, 4.69) is 5.32 Å². The van der Waals surface area contributed by atoms with Gasteiger partial charge in [0, 0.05) is 19.6 Å². The molecule has 2 atom stereocenters. The molecule has 0 aromatic heterocycles. The molecule has 98 valence electrons. The van der Waals surface area contributed by atoms with Gasteiger partial charge in [-0.25, -0.2) is 0 Å². The van der Waals surface area contributed by atoms with Crippen LogP contribution in [-0.4, -0.2) is 62.4 Å². The topological polar surface area (TPSA) is 50.8 Å². The van der Waals surface area contributed by atoms with Crippen molar-refractivity contribution in [1.82, 2.24) is 10.2 Å². The Bertz CT molecular complexity index is 248. The zero-order chi connectivity index (χ0) is 12.1. The van der Waals surface area contributed by atoms with Crippen LogP contribution in [0.25, 0.3) is 0 Å². The van der Waals surface area contributed by atoms with E-state index in [0.717, 1.165) is 25.9 Å². The number of ether oxygens (including phenoxy) is 2. The molecule has 0 bridgehead atoms. The Morgan fingerprint density at radius 3 is 2.82 bits per heavy atom. The summed E-state index contributed by atoms with van der Waals surface area (Å²) in [6.45, 7) is 6.38. The first-order valence-corrected chi connectivity index (χ1v) is 6.49. The molecule has 0 aliphatic carbocycles. The predicted molar refractivity (Wildman–Crippen MR) is 63.8 cm³/mol. The van der Waals surface area contributed by atoms with Crippen molar-refractivity contribution in [3.05, 3.63) is 0 Å². The quantitative estimate of drug-likeness (QED) is 0.754. The van der Waals surface area contributed by atoms with E-state index in [4.69, 9.17) is 9.47 Å². The molecule has 0 saturated carbocycles. The second-order valence-corrected chi connectivity index (χ2v) is 4.73. The number of hydrogen-bond donors (Lipinski definition) is 1. The Labute approximate surface area is 102 Å². The molecule has 1 amide bonds. The maximum absolute atomic E-state index is 12.0. The van der Waals surface area contributed by atoms with Crippen molar-refractivity contribution >= 4 is 5.91 Å². The molecule has 0 spiro atoms. The summed E-state index contributed by atoms with van der Waals surface area (Å²) < 4.78 is 10.8. The Morgan fingerprint density at radius 1 is 1.41 bits per heavy atom. The summed E-state index contributed by atoms with van der Waals surface area (Å²) in [6, 6.07) is -0.126. The van der Waals surface area contributed by atoms with Crippen LogP contribution in [0.3, 0.4) is 0 Å². The fraction of sp³-hybridized carbons (Fsp3) is 0.917. The molecule has 0 aromatic rings. The summed E-state index contributed by atoms with van der Waals surface area (Å²) in [5.41, 5.74) is 0. The number of likely N-dealkylation sites (tertiary alicyclic amines) is 1. The first-order chi connectivity index (χ1) is 8.27. The molecule has 2 heterocycles. The van der Waals surface area contributed by atoms with Crippen LogP contribution >= 0.6 is 0 Å². The number of nitrogens with one attached hydrogen (secondary N) is 1. The SMILES string of the molecule is CC(NCC1COCCO1)C(=O)N1CCCC1. The molecule has 2 saturated heterocycles. The largest absolute Gasteiger partial charge is 0.376 e.